The zero-order chi connectivity index (χ0) is 21.4. The number of para-hydroxylation sites is 1. The molecular weight excluding hydrogens is 446 g/mol. The molecule has 7 nitrogen and oxygen atoms in total. The van der Waals surface area contributed by atoms with Gasteiger partial charge in [-0.15, -0.1) is 0 Å². The van der Waals surface area contributed by atoms with Gasteiger partial charge in [-0.05, 0) is 52.5 Å². The van der Waals surface area contributed by atoms with E-state index in [1.54, 1.807) is 22.9 Å². The number of benzene rings is 3. The molecule has 4 aromatic rings. The van der Waals surface area contributed by atoms with E-state index in [1.165, 1.54) is 0 Å². The summed E-state index contributed by atoms with van der Waals surface area (Å²) in [5.41, 5.74) is 14.9. The van der Waals surface area contributed by atoms with Crippen molar-refractivity contribution in [3.8, 4) is 5.69 Å². The average molecular weight is 464 g/mol. The molecule has 1 aromatic heterocycles. The molecule has 0 atom stereocenters. The van der Waals surface area contributed by atoms with Crippen molar-refractivity contribution in [3.63, 3.8) is 0 Å². The molecule has 2 amide bonds. The van der Waals surface area contributed by atoms with Crippen LogP contribution in [0.2, 0.25) is 0 Å². The van der Waals surface area contributed by atoms with E-state index in [9.17, 15) is 9.59 Å². The van der Waals surface area contributed by atoms with Crippen LogP contribution in [-0.4, -0.2) is 21.6 Å². The zero-order valence-corrected chi connectivity index (χ0v) is 17.6. The van der Waals surface area contributed by atoms with Crippen molar-refractivity contribution in [3.05, 3.63) is 82.0 Å². The number of carbonyl (C=O) groups is 2. The third-order valence-electron chi connectivity index (χ3n) is 4.70. The van der Waals surface area contributed by atoms with Crippen LogP contribution in [0, 0.1) is 6.92 Å². The number of hydrogen-bond acceptors (Lipinski definition) is 5. The summed E-state index contributed by atoms with van der Waals surface area (Å²) in [5.74, 6) is -0.105. The molecule has 0 aliphatic carbocycles. The normalized spacial score (nSPS) is 12.3. The van der Waals surface area contributed by atoms with Gasteiger partial charge >= 0.3 is 0 Å². The van der Waals surface area contributed by atoms with Crippen molar-refractivity contribution in [2.45, 2.75) is 6.92 Å². The molecule has 1 aliphatic heterocycles. The van der Waals surface area contributed by atoms with Crippen molar-refractivity contribution < 1.29 is 9.59 Å². The molecule has 30 heavy (non-hydrogen) atoms. The average Bonchev–Trinajstić information content (AvgIpc) is 3.08. The summed E-state index contributed by atoms with van der Waals surface area (Å²) < 4.78 is 2.44. The number of nitrogen functional groups attached to an aromatic ring is 2. The third kappa shape index (κ3) is 3.42. The summed E-state index contributed by atoms with van der Waals surface area (Å²) in [7, 11) is 0. The first-order valence-corrected chi connectivity index (χ1v) is 9.90. The number of aromatic nitrogens is 2. The standard InChI is InChI=1S/C12H7BrN2O2.C10H11N3/c13-10-5-2-1-3-6-9(5)7(4-8(10)14)12(17)15-11(6)16;1-8-7-10(11)13(12-8)9-5-3-2-4-6-9/h1-4H,14H2,(H,15,16,17);2-7H,11H2,1H3. The van der Waals surface area contributed by atoms with E-state index in [-0.39, 0.29) is 5.91 Å². The first kappa shape index (κ1) is 19.7. The maximum Gasteiger partial charge on any atom is 0.258 e. The van der Waals surface area contributed by atoms with Gasteiger partial charge < -0.3 is 11.5 Å². The van der Waals surface area contributed by atoms with Crippen molar-refractivity contribution in [1.29, 1.82) is 0 Å². The number of halogens is 1. The topological polar surface area (TPSA) is 116 Å². The van der Waals surface area contributed by atoms with Crippen LogP contribution in [0.25, 0.3) is 16.5 Å². The molecule has 0 radical (unpaired) electrons. The third-order valence-corrected chi connectivity index (χ3v) is 5.58. The summed E-state index contributed by atoms with van der Waals surface area (Å²) in [6.07, 6.45) is 0. The Labute approximate surface area is 180 Å². The molecule has 0 spiro atoms. The van der Waals surface area contributed by atoms with Gasteiger partial charge in [0.05, 0.1) is 16.9 Å². The number of nitrogens with zero attached hydrogens (tertiary/aromatic N) is 2. The highest BCUT2D eigenvalue weighted by Crippen LogP contribution is 2.35. The van der Waals surface area contributed by atoms with Gasteiger partial charge in [0.1, 0.15) is 5.82 Å². The zero-order valence-electron chi connectivity index (χ0n) is 16.0. The number of rotatable bonds is 1. The first-order chi connectivity index (χ1) is 14.4. The molecule has 0 saturated carbocycles. The summed E-state index contributed by atoms with van der Waals surface area (Å²) in [4.78, 5) is 23.4. The molecular formula is C22H18BrN5O2. The SMILES string of the molecule is Cc1cc(N)n(-c2ccccc2)n1.Nc1cc2c3c(cccc3c1Br)C(=O)NC2=O. The van der Waals surface area contributed by atoms with Crippen LogP contribution in [-0.2, 0) is 0 Å². The maximum absolute atomic E-state index is 11.7. The molecule has 8 heteroatoms. The molecule has 1 aliphatic rings. The Morgan fingerprint density at radius 2 is 1.63 bits per heavy atom. The first-order valence-electron chi connectivity index (χ1n) is 9.10. The minimum Gasteiger partial charge on any atom is -0.398 e. The summed E-state index contributed by atoms with van der Waals surface area (Å²) in [6, 6.07) is 18.6. The Kier molecular flexibility index (Phi) is 5.01. The van der Waals surface area contributed by atoms with Crippen LogP contribution in [0.15, 0.2) is 65.1 Å². The Morgan fingerprint density at radius 1 is 0.933 bits per heavy atom. The fourth-order valence-electron chi connectivity index (χ4n) is 3.37. The molecule has 0 fully saturated rings. The molecule has 5 rings (SSSR count). The molecule has 150 valence electrons. The van der Waals surface area contributed by atoms with Crippen LogP contribution in [0.4, 0.5) is 11.5 Å². The minimum absolute atomic E-state index is 0.371. The predicted octanol–water partition coefficient (Wildman–Crippen LogP) is 3.83. The van der Waals surface area contributed by atoms with Crippen molar-refractivity contribution in [2.75, 3.05) is 11.5 Å². The quantitative estimate of drug-likeness (QED) is 0.293. The van der Waals surface area contributed by atoms with Gasteiger partial charge in [0.15, 0.2) is 0 Å². The van der Waals surface area contributed by atoms with Gasteiger partial charge in [-0.25, -0.2) is 4.68 Å². The second-order valence-electron chi connectivity index (χ2n) is 6.80. The van der Waals surface area contributed by atoms with E-state index < -0.39 is 5.91 Å². The van der Waals surface area contributed by atoms with Gasteiger partial charge in [0.2, 0.25) is 0 Å². The number of amides is 2. The monoisotopic (exact) mass is 463 g/mol. The molecule has 0 saturated heterocycles. The summed E-state index contributed by atoms with van der Waals surface area (Å²) in [6.45, 7) is 1.93. The van der Waals surface area contributed by atoms with E-state index in [0.29, 0.717) is 32.5 Å². The lowest BCUT2D eigenvalue weighted by molar-refractivity contribution is 0.0845. The largest absolute Gasteiger partial charge is 0.398 e. The fourth-order valence-corrected chi connectivity index (χ4v) is 3.82. The Morgan fingerprint density at radius 3 is 2.30 bits per heavy atom. The molecule has 3 aromatic carbocycles. The molecule has 2 heterocycles. The minimum atomic E-state index is -0.405. The lowest BCUT2D eigenvalue weighted by Gasteiger charge is -2.18. The highest BCUT2D eigenvalue weighted by molar-refractivity contribution is 9.10. The molecule has 0 bridgehead atoms. The second kappa shape index (κ2) is 7.64. The fraction of sp³-hybridized carbons (Fsp3) is 0.0455. The molecule has 0 unspecified atom stereocenters. The van der Waals surface area contributed by atoms with E-state index in [2.05, 4.69) is 26.3 Å². The number of hydrogen-bond donors (Lipinski definition) is 3. The van der Waals surface area contributed by atoms with Crippen LogP contribution < -0.4 is 16.8 Å². The van der Waals surface area contributed by atoms with Crippen molar-refractivity contribution in [1.82, 2.24) is 15.1 Å². The van der Waals surface area contributed by atoms with Gasteiger partial charge in [0, 0.05) is 27.2 Å². The van der Waals surface area contributed by atoms with Crippen LogP contribution >= 0.6 is 15.9 Å². The van der Waals surface area contributed by atoms with Crippen LogP contribution in [0.1, 0.15) is 26.4 Å². The second-order valence-corrected chi connectivity index (χ2v) is 7.59. The van der Waals surface area contributed by atoms with Crippen molar-refractivity contribution >= 4 is 50.0 Å². The van der Waals surface area contributed by atoms with Crippen molar-refractivity contribution in [2.24, 2.45) is 0 Å². The summed E-state index contributed by atoms with van der Waals surface area (Å²) in [5, 5.41) is 8.00. The van der Waals surface area contributed by atoms with Crippen LogP contribution in [0.3, 0.4) is 0 Å². The van der Waals surface area contributed by atoms with E-state index in [1.807, 2.05) is 49.4 Å². The lowest BCUT2D eigenvalue weighted by atomic mass is 9.95. The number of nitrogens with one attached hydrogen (secondary N) is 1. The Bertz CT molecular complexity index is 1300. The summed E-state index contributed by atoms with van der Waals surface area (Å²) >= 11 is 3.37. The van der Waals surface area contributed by atoms with Gasteiger partial charge in [-0.1, -0.05) is 30.3 Å². The molecule has 5 N–H and O–H groups in total. The van der Waals surface area contributed by atoms with Gasteiger partial charge in [0.25, 0.3) is 11.8 Å². The number of carbonyl (C=O) groups excluding carboxylic acids is 2. The highest BCUT2D eigenvalue weighted by Gasteiger charge is 2.26. The number of aryl methyl sites for hydroxylation is 1. The predicted molar refractivity (Wildman–Crippen MR) is 121 cm³/mol. The van der Waals surface area contributed by atoms with E-state index in [0.717, 1.165) is 16.8 Å². The number of nitrogens with two attached hydrogens (primary N) is 2. The smallest absolute Gasteiger partial charge is 0.258 e. The van der Waals surface area contributed by atoms with Gasteiger partial charge in [-0.3, -0.25) is 14.9 Å². The van der Waals surface area contributed by atoms with Gasteiger partial charge in [-0.2, -0.15) is 5.10 Å². The van der Waals surface area contributed by atoms with E-state index in [4.69, 9.17) is 11.5 Å². The van der Waals surface area contributed by atoms with Crippen LogP contribution in [0.5, 0.6) is 0 Å². The maximum atomic E-state index is 11.7. The van der Waals surface area contributed by atoms with E-state index >= 15 is 0 Å². The number of anilines is 2. The number of imide groups is 1. The lowest BCUT2D eigenvalue weighted by Crippen LogP contribution is -2.34. The Balaban J connectivity index is 0.000000151. The highest BCUT2D eigenvalue weighted by atomic mass is 79.9. The Hall–Kier alpha value is -3.65.